The summed E-state index contributed by atoms with van der Waals surface area (Å²) in [4.78, 5) is 27.8. The molecule has 0 fully saturated rings. The molecule has 0 aliphatic heterocycles. The second-order valence-corrected chi connectivity index (χ2v) is 8.84. The number of benzene rings is 2. The second kappa shape index (κ2) is 12.9. The van der Waals surface area contributed by atoms with Gasteiger partial charge in [0, 0.05) is 19.5 Å². The lowest BCUT2D eigenvalue weighted by Gasteiger charge is -2.31. The van der Waals surface area contributed by atoms with Crippen LogP contribution in [0.15, 0.2) is 48.5 Å². The maximum atomic E-state index is 13.2. The van der Waals surface area contributed by atoms with Gasteiger partial charge in [0.2, 0.25) is 11.8 Å². The van der Waals surface area contributed by atoms with Gasteiger partial charge in [-0.3, -0.25) is 9.59 Å². The number of hydrogen-bond acceptors (Lipinski definition) is 3. The van der Waals surface area contributed by atoms with E-state index in [4.69, 9.17) is 4.74 Å². The Bertz CT molecular complexity index is 861. The minimum Gasteiger partial charge on any atom is -0.494 e. The molecule has 2 rings (SSSR count). The lowest BCUT2D eigenvalue weighted by molar-refractivity contribution is -0.141. The first-order chi connectivity index (χ1) is 15.3. The first kappa shape index (κ1) is 25.4. The fraction of sp³-hybridized carbons (Fsp3) is 0.481. The molecule has 5 nitrogen and oxygen atoms in total. The fourth-order valence-corrected chi connectivity index (χ4v) is 3.54. The number of nitrogens with zero attached hydrogens (tertiary/aromatic N) is 1. The predicted octanol–water partition coefficient (Wildman–Crippen LogP) is 5.04. The summed E-state index contributed by atoms with van der Waals surface area (Å²) in [7, 11) is 0. The Labute approximate surface area is 193 Å². The zero-order valence-corrected chi connectivity index (χ0v) is 20.2. The Morgan fingerprint density at radius 3 is 2.38 bits per heavy atom. The molecule has 0 saturated heterocycles. The van der Waals surface area contributed by atoms with E-state index in [2.05, 4.69) is 25.2 Å². The molecule has 2 amide bonds. The first-order valence-electron chi connectivity index (χ1n) is 11.6. The van der Waals surface area contributed by atoms with E-state index in [9.17, 15) is 9.59 Å². The van der Waals surface area contributed by atoms with Gasteiger partial charge >= 0.3 is 0 Å². The Morgan fingerprint density at radius 1 is 1.03 bits per heavy atom. The third-order valence-electron chi connectivity index (χ3n) is 5.33. The normalized spacial score (nSPS) is 11.8. The molecule has 32 heavy (non-hydrogen) atoms. The quantitative estimate of drug-likeness (QED) is 0.472. The Hall–Kier alpha value is -2.82. The number of aryl methyl sites for hydroxylation is 2. The molecule has 0 aliphatic rings. The zero-order valence-electron chi connectivity index (χ0n) is 20.2. The molecule has 0 saturated carbocycles. The minimum absolute atomic E-state index is 0.0226. The minimum atomic E-state index is -0.486. The van der Waals surface area contributed by atoms with Gasteiger partial charge in [-0.2, -0.15) is 0 Å². The van der Waals surface area contributed by atoms with Crippen molar-refractivity contribution in [1.82, 2.24) is 10.2 Å². The SMILES string of the molecule is CCC(C(=O)NCC(C)C)N(Cc1cccc(C)c1)C(=O)CCCOc1ccc(C)cc1. The van der Waals surface area contributed by atoms with Gasteiger partial charge < -0.3 is 15.0 Å². The summed E-state index contributed by atoms with van der Waals surface area (Å²) in [6.07, 6.45) is 1.51. The van der Waals surface area contributed by atoms with E-state index in [1.54, 1.807) is 4.90 Å². The van der Waals surface area contributed by atoms with Crippen LogP contribution in [0.5, 0.6) is 5.75 Å². The molecule has 0 aromatic heterocycles. The van der Waals surface area contributed by atoms with Gasteiger partial charge in [-0.05, 0) is 50.3 Å². The topological polar surface area (TPSA) is 58.6 Å². The Morgan fingerprint density at radius 2 is 1.75 bits per heavy atom. The molecule has 1 N–H and O–H groups in total. The standard InChI is InChI=1S/C27H38N2O3/c1-6-25(27(31)28-18-20(2)3)29(19-23-10-7-9-22(5)17-23)26(30)11-8-16-32-24-14-12-21(4)13-15-24/h7,9-10,12-15,17,20,25H,6,8,11,16,18-19H2,1-5H3,(H,28,31). The summed E-state index contributed by atoms with van der Waals surface area (Å²) in [5.41, 5.74) is 3.35. The Kier molecular flexibility index (Phi) is 10.3. The molecule has 1 unspecified atom stereocenters. The van der Waals surface area contributed by atoms with Crippen LogP contribution in [0, 0.1) is 19.8 Å². The summed E-state index contributed by atoms with van der Waals surface area (Å²) in [5, 5.41) is 3.00. The van der Waals surface area contributed by atoms with Crippen LogP contribution >= 0.6 is 0 Å². The molecule has 0 radical (unpaired) electrons. The highest BCUT2D eigenvalue weighted by Gasteiger charge is 2.28. The van der Waals surface area contributed by atoms with Gasteiger partial charge in [0.15, 0.2) is 0 Å². The molecule has 5 heteroatoms. The van der Waals surface area contributed by atoms with Crippen molar-refractivity contribution in [2.24, 2.45) is 5.92 Å². The van der Waals surface area contributed by atoms with E-state index in [1.165, 1.54) is 5.56 Å². The summed E-state index contributed by atoms with van der Waals surface area (Å²) < 4.78 is 5.77. The van der Waals surface area contributed by atoms with Gasteiger partial charge in [0.25, 0.3) is 0 Å². The van der Waals surface area contributed by atoms with Gasteiger partial charge in [0.05, 0.1) is 6.61 Å². The van der Waals surface area contributed by atoms with Crippen molar-refractivity contribution in [2.45, 2.75) is 66.5 Å². The summed E-state index contributed by atoms with van der Waals surface area (Å²) in [5.74, 6) is 1.05. The lowest BCUT2D eigenvalue weighted by Crippen LogP contribution is -2.49. The molecule has 2 aromatic rings. The van der Waals surface area contributed by atoms with E-state index in [0.29, 0.717) is 44.9 Å². The van der Waals surface area contributed by atoms with Crippen molar-refractivity contribution in [2.75, 3.05) is 13.2 Å². The second-order valence-electron chi connectivity index (χ2n) is 8.84. The summed E-state index contributed by atoms with van der Waals surface area (Å²) in [6, 6.07) is 15.5. The number of hydrogen-bond donors (Lipinski definition) is 1. The average Bonchev–Trinajstić information content (AvgIpc) is 2.76. The number of carbonyl (C=O) groups excluding carboxylic acids is 2. The van der Waals surface area contributed by atoms with Crippen molar-refractivity contribution in [3.8, 4) is 5.75 Å². The van der Waals surface area contributed by atoms with Crippen LogP contribution in [0.25, 0.3) is 0 Å². The zero-order chi connectivity index (χ0) is 23.5. The van der Waals surface area contributed by atoms with Gasteiger partial charge in [-0.15, -0.1) is 0 Å². The van der Waals surface area contributed by atoms with Gasteiger partial charge in [-0.1, -0.05) is 68.3 Å². The third kappa shape index (κ3) is 8.37. The maximum absolute atomic E-state index is 13.2. The molecule has 2 aromatic carbocycles. The maximum Gasteiger partial charge on any atom is 0.242 e. The number of nitrogens with one attached hydrogen (secondary N) is 1. The monoisotopic (exact) mass is 438 g/mol. The predicted molar refractivity (Wildman–Crippen MR) is 130 cm³/mol. The van der Waals surface area contributed by atoms with Crippen molar-refractivity contribution >= 4 is 11.8 Å². The molecular formula is C27H38N2O3. The van der Waals surface area contributed by atoms with E-state index < -0.39 is 6.04 Å². The number of carbonyl (C=O) groups is 2. The van der Waals surface area contributed by atoms with Crippen LogP contribution in [0.3, 0.4) is 0 Å². The third-order valence-corrected chi connectivity index (χ3v) is 5.33. The first-order valence-corrected chi connectivity index (χ1v) is 11.6. The van der Waals surface area contributed by atoms with Crippen molar-refractivity contribution < 1.29 is 14.3 Å². The fourth-order valence-electron chi connectivity index (χ4n) is 3.54. The van der Waals surface area contributed by atoms with E-state index in [0.717, 1.165) is 16.9 Å². The van der Waals surface area contributed by atoms with E-state index >= 15 is 0 Å². The van der Waals surface area contributed by atoms with E-state index in [-0.39, 0.29) is 11.8 Å². The molecule has 0 spiro atoms. The molecule has 174 valence electrons. The molecule has 0 aliphatic carbocycles. The highest BCUT2D eigenvalue weighted by molar-refractivity contribution is 5.87. The van der Waals surface area contributed by atoms with Crippen LogP contribution in [-0.2, 0) is 16.1 Å². The molecule has 1 atom stereocenters. The van der Waals surface area contributed by atoms with Crippen molar-refractivity contribution in [3.05, 3.63) is 65.2 Å². The summed E-state index contributed by atoms with van der Waals surface area (Å²) in [6.45, 7) is 11.6. The van der Waals surface area contributed by atoms with Crippen LogP contribution in [0.1, 0.15) is 56.7 Å². The smallest absolute Gasteiger partial charge is 0.242 e. The Balaban J connectivity index is 2.04. The van der Waals surface area contributed by atoms with Crippen molar-refractivity contribution in [1.29, 1.82) is 0 Å². The van der Waals surface area contributed by atoms with Crippen molar-refractivity contribution in [3.63, 3.8) is 0 Å². The highest BCUT2D eigenvalue weighted by Crippen LogP contribution is 2.16. The van der Waals surface area contributed by atoms with Gasteiger partial charge in [-0.25, -0.2) is 0 Å². The highest BCUT2D eigenvalue weighted by atomic mass is 16.5. The van der Waals surface area contributed by atoms with Gasteiger partial charge in [0.1, 0.15) is 11.8 Å². The molecular weight excluding hydrogens is 400 g/mol. The van der Waals surface area contributed by atoms with Crippen LogP contribution in [-0.4, -0.2) is 35.9 Å². The lowest BCUT2D eigenvalue weighted by atomic mass is 10.1. The van der Waals surface area contributed by atoms with Crippen LogP contribution < -0.4 is 10.1 Å². The van der Waals surface area contributed by atoms with Crippen LogP contribution in [0.2, 0.25) is 0 Å². The number of ether oxygens (including phenoxy) is 1. The largest absolute Gasteiger partial charge is 0.494 e. The molecule has 0 bridgehead atoms. The van der Waals surface area contributed by atoms with E-state index in [1.807, 2.05) is 63.2 Å². The number of rotatable bonds is 12. The number of amides is 2. The average molecular weight is 439 g/mol. The summed E-state index contributed by atoms with van der Waals surface area (Å²) >= 11 is 0. The molecule has 0 heterocycles. The van der Waals surface area contributed by atoms with Crippen LogP contribution in [0.4, 0.5) is 0 Å².